The Morgan fingerprint density at radius 3 is 2.68 bits per heavy atom. The van der Waals surface area contributed by atoms with Crippen LogP contribution in [0.2, 0.25) is 0 Å². The topological polar surface area (TPSA) is 271 Å². The summed E-state index contributed by atoms with van der Waals surface area (Å²) in [5.74, 6) is -1.18. The van der Waals surface area contributed by atoms with Crippen molar-refractivity contribution < 1.29 is 52.0 Å². The number of anilines is 2. The fourth-order valence-electron chi connectivity index (χ4n) is 3.75. The third-order valence-electron chi connectivity index (χ3n) is 5.31. The predicted octanol–water partition coefficient (Wildman–Crippen LogP) is -0.546. The molecule has 1 aromatic carbocycles. The van der Waals surface area contributed by atoms with Crippen LogP contribution in [0.25, 0.3) is 11.2 Å². The zero-order valence-corrected chi connectivity index (χ0v) is 21.1. The number of imidazole rings is 1. The average molecular weight is 576 g/mol. The number of H-pyrrole nitrogens is 1. The Morgan fingerprint density at radius 2 is 2.00 bits per heavy atom. The molecular weight excluding hydrogens is 554 g/mol. The van der Waals surface area contributed by atoms with Gasteiger partial charge in [-0.2, -0.15) is 9.29 Å². The zero-order chi connectivity index (χ0) is 27.8. The number of para-hydroxylation sites is 1. The number of hydrogen-bond donors (Lipinski definition) is 7. The summed E-state index contributed by atoms with van der Waals surface area (Å²) in [5.41, 5.74) is 5.15. The molecule has 1 fully saturated rings. The van der Waals surface area contributed by atoms with Gasteiger partial charge in [-0.25, -0.2) is 18.9 Å². The Kier molecular flexibility index (Phi) is 7.72. The minimum atomic E-state index is -5.42. The fourth-order valence-corrected chi connectivity index (χ4v) is 5.35. The highest BCUT2D eigenvalue weighted by molar-refractivity contribution is 7.60. The third kappa shape index (κ3) is 5.94. The molecule has 4 rings (SSSR count). The number of ether oxygens (including phenoxy) is 2. The molecule has 0 bridgehead atoms. The van der Waals surface area contributed by atoms with E-state index >= 15 is 0 Å². The molecule has 0 aliphatic carbocycles. The number of nitrogen functional groups attached to an aromatic ring is 1. The standard InChI is InChI=1S/C18H22N6O12P2/c1-20-9-5-3-2-4-8(9)17(27)35-13-10(6-33-38(31,32)36-37(28,29)30)34-16(12(13)25)24-7-21-11-14(24)22-18(19)23-15(11)26/h2-5,7,10,12-13,16,20,25H,6H2,1H3,(H,31,32)(H2,28,29,30)(H3,19,22,23,26)/t10-,12-,13-,16-/m1/s1. The molecule has 0 saturated carbocycles. The number of phosphoric acid groups is 2. The largest absolute Gasteiger partial charge is 0.481 e. The predicted molar refractivity (Wildman–Crippen MR) is 127 cm³/mol. The number of nitrogens with one attached hydrogen (secondary N) is 2. The molecule has 0 spiro atoms. The van der Waals surface area contributed by atoms with Crippen LogP contribution in [0.5, 0.6) is 0 Å². The lowest BCUT2D eigenvalue weighted by Gasteiger charge is -2.22. The summed E-state index contributed by atoms with van der Waals surface area (Å²) >= 11 is 0. The molecule has 0 amide bonds. The maximum atomic E-state index is 13.0. The fraction of sp³-hybridized carbons (Fsp3) is 0.333. The molecule has 3 aromatic rings. The smallest absolute Gasteiger partial charge is 0.453 e. The Bertz CT molecular complexity index is 1500. The number of phosphoric ester groups is 1. The number of hydrogen-bond acceptors (Lipinski definition) is 13. The highest BCUT2D eigenvalue weighted by Gasteiger charge is 2.49. The molecule has 2 aromatic heterocycles. The lowest BCUT2D eigenvalue weighted by molar-refractivity contribution is -0.0520. The van der Waals surface area contributed by atoms with E-state index < -0.39 is 58.3 Å². The van der Waals surface area contributed by atoms with Gasteiger partial charge < -0.3 is 40.3 Å². The molecule has 3 heterocycles. The van der Waals surface area contributed by atoms with Gasteiger partial charge in [-0.1, -0.05) is 12.1 Å². The number of carbonyl (C=O) groups excluding carboxylic acids is 1. The van der Waals surface area contributed by atoms with Gasteiger partial charge in [0.25, 0.3) is 5.56 Å². The number of aliphatic hydroxyl groups is 1. The van der Waals surface area contributed by atoms with Gasteiger partial charge in [0.2, 0.25) is 5.95 Å². The van der Waals surface area contributed by atoms with E-state index in [1.54, 1.807) is 25.2 Å². The summed E-state index contributed by atoms with van der Waals surface area (Å²) in [7, 11) is -9.17. The number of esters is 1. The van der Waals surface area contributed by atoms with Crippen LogP contribution in [0.15, 0.2) is 35.4 Å². The van der Waals surface area contributed by atoms with Crippen LogP contribution in [-0.4, -0.2) is 77.2 Å². The molecular formula is C18H22N6O12P2. The first-order chi connectivity index (χ1) is 17.8. The quantitative estimate of drug-likeness (QED) is 0.124. The lowest BCUT2D eigenvalue weighted by atomic mass is 10.1. The van der Waals surface area contributed by atoms with E-state index in [2.05, 4.69) is 29.1 Å². The first kappa shape index (κ1) is 27.8. The third-order valence-corrected chi connectivity index (χ3v) is 7.46. The van der Waals surface area contributed by atoms with Gasteiger partial charge in [0.15, 0.2) is 23.5 Å². The van der Waals surface area contributed by atoms with E-state index in [0.29, 0.717) is 5.69 Å². The van der Waals surface area contributed by atoms with E-state index in [-0.39, 0.29) is 22.7 Å². The maximum absolute atomic E-state index is 13.0. The number of fused-ring (bicyclic) bond motifs is 1. The minimum absolute atomic E-state index is 0.0806. The van der Waals surface area contributed by atoms with Gasteiger partial charge in [0.1, 0.15) is 12.2 Å². The van der Waals surface area contributed by atoms with Gasteiger partial charge in [-0.3, -0.25) is 18.9 Å². The van der Waals surface area contributed by atoms with Crippen LogP contribution in [0.3, 0.4) is 0 Å². The molecule has 0 radical (unpaired) electrons. The molecule has 38 heavy (non-hydrogen) atoms. The number of nitrogens with zero attached hydrogens (tertiary/aromatic N) is 3. The normalized spacial score (nSPS) is 23.3. The number of aromatic amines is 1. The summed E-state index contributed by atoms with van der Waals surface area (Å²) in [6.07, 6.45) is -5.07. The average Bonchev–Trinajstić information content (AvgIpc) is 3.37. The summed E-state index contributed by atoms with van der Waals surface area (Å²) in [5, 5.41) is 13.9. The van der Waals surface area contributed by atoms with Gasteiger partial charge in [-0.05, 0) is 12.1 Å². The Hall–Kier alpha value is -3.18. The SMILES string of the molecule is CNc1ccccc1C(=O)O[C@H]1[C@@H](O)[C@H](n2cnc3c(=O)[nH]c(N)nc32)O[C@@H]1COP(=O)(O)OP(=O)(O)O. The summed E-state index contributed by atoms with van der Waals surface area (Å²) in [6.45, 7) is -0.935. The Morgan fingerprint density at radius 1 is 1.29 bits per heavy atom. The highest BCUT2D eigenvalue weighted by Crippen LogP contribution is 2.57. The number of nitrogens with two attached hydrogens (primary N) is 1. The molecule has 20 heteroatoms. The van der Waals surface area contributed by atoms with Crippen molar-refractivity contribution >= 4 is 44.4 Å². The summed E-state index contributed by atoms with van der Waals surface area (Å²) in [4.78, 5) is 62.5. The molecule has 18 nitrogen and oxygen atoms in total. The highest BCUT2D eigenvalue weighted by atomic mass is 31.3. The number of aliphatic hydroxyl groups excluding tert-OH is 1. The van der Waals surface area contributed by atoms with E-state index in [0.717, 1.165) is 10.9 Å². The van der Waals surface area contributed by atoms with Gasteiger partial charge >= 0.3 is 21.6 Å². The molecule has 1 aliphatic rings. The second kappa shape index (κ2) is 10.5. The van der Waals surface area contributed by atoms with Crippen LogP contribution < -0.4 is 16.6 Å². The van der Waals surface area contributed by atoms with E-state index in [1.165, 1.54) is 6.07 Å². The van der Waals surface area contributed by atoms with Crippen LogP contribution in [-0.2, 0) is 27.4 Å². The van der Waals surface area contributed by atoms with Crippen LogP contribution in [0, 0.1) is 0 Å². The summed E-state index contributed by atoms with van der Waals surface area (Å²) < 4.78 is 43.6. The molecule has 1 saturated heterocycles. The molecule has 206 valence electrons. The number of aromatic nitrogens is 4. The monoisotopic (exact) mass is 576 g/mol. The molecule has 5 atom stereocenters. The van der Waals surface area contributed by atoms with Gasteiger partial charge in [-0.15, -0.1) is 0 Å². The van der Waals surface area contributed by atoms with Crippen molar-refractivity contribution in [3.63, 3.8) is 0 Å². The Balaban J connectivity index is 1.66. The number of rotatable bonds is 9. The van der Waals surface area contributed by atoms with E-state index in [9.17, 15) is 28.7 Å². The van der Waals surface area contributed by atoms with Crippen LogP contribution in [0.4, 0.5) is 11.6 Å². The van der Waals surface area contributed by atoms with Crippen molar-refractivity contribution in [3.8, 4) is 0 Å². The van der Waals surface area contributed by atoms with Crippen molar-refractivity contribution in [2.45, 2.75) is 24.5 Å². The van der Waals surface area contributed by atoms with Gasteiger partial charge in [0, 0.05) is 12.7 Å². The molecule has 1 aliphatic heterocycles. The minimum Gasteiger partial charge on any atom is -0.453 e. The van der Waals surface area contributed by atoms with Crippen molar-refractivity contribution in [2.75, 3.05) is 24.7 Å². The maximum Gasteiger partial charge on any atom is 0.481 e. The lowest BCUT2D eigenvalue weighted by Crippen LogP contribution is -2.38. The van der Waals surface area contributed by atoms with Crippen molar-refractivity contribution in [1.82, 2.24) is 19.5 Å². The second-order valence-electron chi connectivity index (χ2n) is 7.83. The Labute approximate surface area is 212 Å². The molecule has 1 unspecified atom stereocenters. The second-order valence-corrected chi connectivity index (χ2v) is 10.7. The van der Waals surface area contributed by atoms with Crippen molar-refractivity contribution in [2.24, 2.45) is 0 Å². The number of benzene rings is 1. The van der Waals surface area contributed by atoms with E-state index in [4.69, 9.17) is 25.0 Å². The van der Waals surface area contributed by atoms with Crippen LogP contribution >= 0.6 is 15.6 Å². The summed E-state index contributed by atoms with van der Waals surface area (Å²) in [6, 6.07) is 6.26. The van der Waals surface area contributed by atoms with Crippen molar-refractivity contribution in [1.29, 1.82) is 0 Å². The van der Waals surface area contributed by atoms with Crippen LogP contribution in [0.1, 0.15) is 16.6 Å². The van der Waals surface area contributed by atoms with E-state index in [1.807, 2.05) is 0 Å². The van der Waals surface area contributed by atoms with Gasteiger partial charge in [0.05, 0.1) is 18.5 Å². The first-order valence-corrected chi connectivity index (χ1v) is 13.6. The zero-order valence-electron chi connectivity index (χ0n) is 19.3. The van der Waals surface area contributed by atoms with Crippen molar-refractivity contribution in [3.05, 3.63) is 46.5 Å². The first-order valence-electron chi connectivity index (χ1n) is 10.6. The molecule has 8 N–H and O–H groups in total. The number of carbonyl (C=O) groups is 1.